The highest BCUT2D eigenvalue weighted by Gasteiger charge is 2.62. The maximum Gasteiger partial charge on any atom is 0.410 e. The van der Waals surface area contributed by atoms with Gasteiger partial charge in [0.15, 0.2) is 0 Å². The molecule has 16 nitrogen and oxygen atoms in total. The van der Waals surface area contributed by atoms with Crippen molar-refractivity contribution in [3.63, 3.8) is 0 Å². The summed E-state index contributed by atoms with van der Waals surface area (Å²) in [7, 11) is -2.95. The van der Waals surface area contributed by atoms with Gasteiger partial charge in [0.05, 0.1) is 19.3 Å². The van der Waals surface area contributed by atoms with Crippen molar-refractivity contribution in [3.05, 3.63) is 59.7 Å². The zero-order valence-corrected chi connectivity index (χ0v) is 33.1. The van der Waals surface area contributed by atoms with Crippen LogP contribution < -0.4 is 24.8 Å². The molecule has 0 spiro atoms. The van der Waals surface area contributed by atoms with E-state index in [0.717, 1.165) is 36.8 Å². The molecule has 3 aliphatic heterocycles. The van der Waals surface area contributed by atoms with Crippen LogP contribution in [-0.4, -0.2) is 91.1 Å². The summed E-state index contributed by atoms with van der Waals surface area (Å²) in [6.45, 7) is 5.69. The molecular weight excluding hydrogens is 745 g/mol. The number of carbonyl (C=O) groups excluding carboxylic acids is 5. The van der Waals surface area contributed by atoms with Crippen LogP contribution in [0.4, 0.5) is 15.3 Å². The second kappa shape index (κ2) is 16.6. The summed E-state index contributed by atoms with van der Waals surface area (Å²) in [4.78, 5) is 71.9. The Kier molecular flexibility index (Phi) is 12.0. The lowest BCUT2D eigenvalue weighted by atomic mass is 10.0. The molecule has 2 saturated heterocycles. The fraction of sp³-hybridized carbons (Fsp3) is 0.564. The lowest BCUT2D eigenvalue weighted by molar-refractivity contribution is -0.141. The second-order valence-corrected chi connectivity index (χ2v) is 17.5. The van der Waals surface area contributed by atoms with Crippen molar-refractivity contribution in [2.24, 2.45) is 5.92 Å². The first kappa shape index (κ1) is 40.6. The maximum atomic E-state index is 14.4. The van der Waals surface area contributed by atoms with Crippen molar-refractivity contribution in [1.29, 1.82) is 0 Å². The average molecular weight is 797 g/mol. The zero-order chi connectivity index (χ0) is 40.3. The maximum absolute atomic E-state index is 14.4. The Morgan fingerprint density at radius 2 is 1.55 bits per heavy atom. The van der Waals surface area contributed by atoms with E-state index in [2.05, 4.69) is 20.1 Å². The summed E-state index contributed by atoms with van der Waals surface area (Å²) in [5.74, 6) is -2.01. The SMILES string of the molecule is COc1ccc(NS(=O)(=O)NC(=O)[C@@]23C[C@H]2CCCCCCC[C@H](NC(=O)OC(C)(C)C)C(=O)N2C[C@H](OC(=O)N4Cc5ccccc5C4)C[C@H]2C(=O)N3)cc1. The van der Waals surface area contributed by atoms with Crippen molar-refractivity contribution in [2.45, 2.75) is 121 Å². The minimum absolute atomic E-state index is 0.0804. The molecule has 6 rings (SSSR count). The summed E-state index contributed by atoms with van der Waals surface area (Å²) < 4.78 is 47.3. The number of fused-ring (bicyclic) bond motifs is 3. The van der Waals surface area contributed by atoms with Crippen LogP contribution in [0.2, 0.25) is 0 Å². The molecule has 2 aromatic carbocycles. The molecule has 17 heteroatoms. The van der Waals surface area contributed by atoms with Crippen molar-refractivity contribution < 1.29 is 46.6 Å². The van der Waals surface area contributed by atoms with E-state index in [0.29, 0.717) is 31.7 Å². The second-order valence-electron chi connectivity index (χ2n) is 16.0. The number of alkyl carbamates (subject to hydrolysis) is 1. The third kappa shape index (κ3) is 9.84. The van der Waals surface area contributed by atoms with E-state index in [1.807, 2.05) is 24.3 Å². The van der Waals surface area contributed by atoms with Crippen molar-refractivity contribution in [3.8, 4) is 5.75 Å². The molecule has 3 heterocycles. The number of hydrogen-bond donors (Lipinski definition) is 4. The molecule has 2 aromatic rings. The van der Waals surface area contributed by atoms with E-state index >= 15 is 0 Å². The molecule has 3 fully saturated rings. The molecule has 5 atom stereocenters. The van der Waals surface area contributed by atoms with Crippen molar-refractivity contribution in [1.82, 2.24) is 25.2 Å². The van der Waals surface area contributed by atoms with Gasteiger partial charge >= 0.3 is 22.4 Å². The normalized spacial score (nSPS) is 25.6. The molecule has 4 N–H and O–H groups in total. The smallest absolute Gasteiger partial charge is 0.410 e. The molecule has 0 radical (unpaired) electrons. The van der Waals surface area contributed by atoms with E-state index in [1.54, 1.807) is 37.8 Å². The van der Waals surface area contributed by atoms with Gasteiger partial charge in [-0.1, -0.05) is 56.4 Å². The van der Waals surface area contributed by atoms with E-state index in [9.17, 15) is 32.4 Å². The van der Waals surface area contributed by atoms with Gasteiger partial charge < -0.3 is 29.7 Å². The number of hydrogen-bond acceptors (Lipinski definition) is 10. The van der Waals surface area contributed by atoms with Gasteiger partial charge in [0, 0.05) is 19.5 Å². The number of carbonyl (C=O) groups is 5. The quantitative estimate of drug-likeness (QED) is 0.316. The molecule has 304 valence electrons. The van der Waals surface area contributed by atoms with Gasteiger partial charge in [0.25, 0.3) is 5.91 Å². The van der Waals surface area contributed by atoms with Gasteiger partial charge in [-0.05, 0) is 81.3 Å². The Morgan fingerprint density at radius 3 is 2.20 bits per heavy atom. The molecule has 0 bridgehead atoms. The molecule has 0 aromatic heterocycles. The highest BCUT2D eigenvalue weighted by molar-refractivity contribution is 7.91. The van der Waals surface area contributed by atoms with E-state index < -0.39 is 69.4 Å². The lowest BCUT2D eigenvalue weighted by Crippen LogP contribution is -2.58. The summed E-state index contributed by atoms with van der Waals surface area (Å²) >= 11 is 0. The molecular formula is C39H52N6O10S. The Hall–Kier alpha value is -5.06. The van der Waals surface area contributed by atoms with Gasteiger partial charge in [0.1, 0.15) is 35.1 Å². The summed E-state index contributed by atoms with van der Waals surface area (Å²) in [5.41, 5.74) is -0.207. The van der Waals surface area contributed by atoms with Gasteiger partial charge in [-0.15, -0.1) is 0 Å². The minimum Gasteiger partial charge on any atom is -0.497 e. The summed E-state index contributed by atoms with van der Waals surface area (Å²) in [5, 5.41) is 5.55. The van der Waals surface area contributed by atoms with Crippen LogP contribution in [0.15, 0.2) is 48.5 Å². The third-order valence-electron chi connectivity index (χ3n) is 10.7. The molecule has 1 saturated carbocycles. The molecule has 56 heavy (non-hydrogen) atoms. The van der Waals surface area contributed by atoms with E-state index in [-0.39, 0.29) is 37.4 Å². The van der Waals surface area contributed by atoms with Crippen LogP contribution in [0.1, 0.15) is 89.7 Å². The number of anilines is 1. The number of methoxy groups -OCH3 is 1. The first-order valence-electron chi connectivity index (χ1n) is 19.2. The largest absolute Gasteiger partial charge is 0.497 e. The number of ether oxygens (including phenoxy) is 3. The fourth-order valence-corrected chi connectivity index (χ4v) is 8.68. The number of amides is 5. The van der Waals surface area contributed by atoms with Gasteiger partial charge in [-0.25, -0.2) is 14.3 Å². The van der Waals surface area contributed by atoms with Crippen LogP contribution in [-0.2, 0) is 47.2 Å². The number of rotatable bonds is 7. The summed E-state index contributed by atoms with van der Waals surface area (Å²) in [6, 6.07) is 11.5. The Bertz CT molecular complexity index is 1890. The van der Waals surface area contributed by atoms with E-state index in [4.69, 9.17) is 14.2 Å². The number of benzene rings is 2. The van der Waals surface area contributed by atoms with Crippen LogP contribution in [0.25, 0.3) is 0 Å². The van der Waals surface area contributed by atoms with Gasteiger partial charge in [-0.2, -0.15) is 8.42 Å². The van der Waals surface area contributed by atoms with Crippen LogP contribution in [0.3, 0.4) is 0 Å². The summed E-state index contributed by atoms with van der Waals surface area (Å²) in [6.07, 6.45) is 2.45. The topological polar surface area (TPSA) is 202 Å². The molecule has 0 unspecified atom stereocenters. The monoisotopic (exact) mass is 796 g/mol. The van der Waals surface area contributed by atoms with E-state index in [1.165, 1.54) is 24.1 Å². The Labute approximate surface area is 327 Å². The Morgan fingerprint density at radius 1 is 0.911 bits per heavy atom. The number of nitrogens with one attached hydrogen (secondary N) is 4. The fourth-order valence-electron chi connectivity index (χ4n) is 7.75. The Balaban J connectivity index is 1.23. The van der Waals surface area contributed by atoms with Gasteiger partial charge in [-0.3, -0.25) is 24.0 Å². The predicted molar refractivity (Wildman–Crippen MR) is 204 cm³/mol. The van der Waals surface area contributed by atoms with Crippen molar-refractivity contribution in [2.75, 3.05) is 18.4 Å². The molecule has 5 amide bonds. The first-order valence-corrected chi connectivity index (χ1v) is 20.7. The minimum atomic E-state index is -4.43. The lowest BCUT2D eigenvalue weighted by Gasteiger charge is -2.30. The standard InChI is InChI=1S/C39H52N6O10S/c1-38(2,3)55-36(49)40-31-15-9-7-5-6-8-14-27-21-39(27,35(48)43-56(51,52)42-28-16-18-29(53-4)19-17-28)41-33(46)32-20-30(24-45(32)34(31)47)54-37(50)44-22-25-12-10-11-13-26(25)23-44/h10-13,16-19,27,30-32,42H,5-9,14-15,20-24H2,1-4H3,(H,40,49)(H,41,46)(H,43,48)/t27-,30-,31+,32+,39-/m1/s1. The highest BCUT2D eigenvalue weighted by Crippen LogP contribution is 2.48. The highest BCUT2D eigenvalue weighted by atomic mass is 32.2. The van der Waals surface area contributed by atoms with Crippen LogP contribution in [0.5, 0.6) is 5.75 Å². The van der Waals surface area contributed by atoms with Crippen LogP contribution in [0, 0.1) is 5.92 Å². The van der Waals surface area contributed by atoms with Crippen molar-refractivity contribution >= 4 is 45.8 Å². The predicted octanol–water partition coefficient (Wildman–Crippen LogP) is 4.10. The third-order valence-corrected chi connectivity index (χ3v) is 11.6. The molecule has 1 aliphatic carbocycles. The van der Waals surface area contributed by atoms with Crippen LogP contribution >= 0.6 is 0 Å². The first-order chi connectivity index (χ1) is 26.6. The van der Waals surface area contributed by atoms with Gasteiger partial charge in [0.2, 0.25) is 11.8 Å². The number of nitrogens with zero attached hydrogens (tertiary/aromatic N) is 2. The molecule has 4 aliphatic rings. The average Bonchev–Trinajstić information content (AvgIpc) is 3.43. The zero-order valence-electron chi connectivity index (χ0n) is 32.3.